The van der Waals surface area contributed by atoms with Crippen molar-refractivity contribution in [2.24, 2.45) is 5.10 Å². The van der Waals surface area contributed by atoms with Crippen molar-refractivity contribution in [3.63, 3.8) is 0 Å². The number of nitrogens with zero attached hydrogens (tertiary/aromatic N) is 4. The normalized spacial score (nSPS) is 17.7. The van der Waals surface area contributed by atoms with Gasteiger partial charge in [0, 0.05) is 51.3 Å². The lowest BCUT2D eigenvalue weighted by atomic mass is 9.98. The van der Waals surface area contributed by atoms with Crippen LogP contribution < -0.4 is 9.47 Å². The molecule has 0 radical (unpaired) electrons. The highest BCUT2D eigenvalue weighted by Gasteiger charge is 2.35. The molecule has 204 valence electrons. The van der Waals surface area contributed by atoms with Gasteiger partial charge in [-0.2, -0.15) is 5.10 Å². The first kappa shape index (κ1) is 27.6. The number of morpholine rings is 1. The van der Waals surface area contributed by atoms with E-state index in [1.165, 1.54) is 12.1 Å². The number of hydrogen-bond donors (Lipinski definition) is 0. The van der Waals surface area contributed by atoms with Crippen molar-refractivity contribution < 1.29 is 28.5 Å². The van der Waals surface area contributed by atoms with Gasteiger partial charge in [0.25, 0.3) is 5.91 Å². The third-order valence-corrected chi connectivity index (χ3v) is 6.81. The molecule has 2 aromatic carbocycles. The number of ether oxygens (including phenoxy) is 4. The Morgan fingerprint density at radius 2 is 1.82 bits per heavy atom. The Balaban J connectivity index is 1.58. The summed E-state index contributed by atoms with van der Waals surface area (Å²) in [5, 5.41) is 6.28. The highest BCUT2D eigenvalue weighted by molar-refractivity contribution is 6.05. The molecule has 1 unspecified atom stereocenters. The van der Waals surface area contributed by atoms with E-state index in [9.17, 15) is 9.59 Å². The summed E-state index contributed by atoms with van der Waals surface area (Å²) >= 11 is 0. The predicted molar refractivity (Wildman–Crippen MR) is 142 cm³/mol. The number of benzene rings is 2. The fraction of sp³-hybridized carbons (Fsp3) is 0.464. The van der Waals surface area contributed by atoms with Crippen molar-refractivity contribution in [1.82, 2.24) is 14.8 Å². The molecule has 10 heteroatoms. The zero-order chi connectivity index (χ0) is 26.9. The van der Waals surface area contributed by atoms with Crippen LogP contribution in [0.5, 0.6) is 11.5 Å². The van der Waals surface area contributed by atoms with E-state index in [4.69, 9.17) is 24.0 Å². The van der Waals surface area contributed by atoms with Gasteiger partial charge in [-0.05, 0) is 17.7 Å². The minimum Gasteiger partial charge on any atom is -0.497 e. The molecular weight excluding hydrogens is 488 g/mol. The van der Waals surface area contributed by atoms with Gasteiger partial charge < -0.3 is 23.8 Å². The average Bonchev–Trinajstić information content (AvgIpc) is 3.41. The maximum atomic E-state index is 13.7. The molecule has 0 bridgehead atoms. The van der Waals surface area contributed by atoms with Crippen LogP contribution in [-0.4, -0.2) is 106 Å². The molecule has 1 saturated heterocycles. The van der Waals surface area contributed by atoms with Crippen molar-refractivity contribution >= 4 is 17.5 Å². The molecule has 4 rings (SSSR count). The maximum Gasteiger partial charge on any atom is 0.262 e. The molecule has 38 heavy (non-hydrogen) atoms. The number of amides is 2. The van der Waals surface area contributed by atoms with Crippen LogP contribution in [0.25, 0.3) is 0 Å². The Labute approximate surface area is 223 Å². The van der Waals surface area contributed by atoms with E-state index in [-0.39, 0.29) is 31.0 Å². The van der Waals surface area contributed by atoms with Gasteiger partial charge in [0.2, 0.25) is 5.91 Å². The maximum absolute atomic E-state index is 13.7. The summed E-state index contributed by atoms with van der Waals surface area (Å²) < 4.78 is 21.5. The zero-order valence-corrected chi connectivity index (χ0v) is 22.3. The van der Waals surface area contributed by atoms with E-state index in [0.717, 1.165) is 29.9 Å². The van der Waals surface area contributed by atoms with E-state index in [1.54, 1.807) is 25.2 Å². The molecule has 2 aliphatic heterocycles. The lowest BCUT2D eigenvalue weighted by molar-refractivity contribution is -0.143. The quantitative estimate of drug-likeness (QED) is 0.445. The summed E-state index contributed by atoms with van der Waals surface area (Å²) in [6, 6.07) is 15.0. The fourth-order valence-corrected chi connectivity index (χ4v) is 4.70. The van der Waals surface area contributed by atoms with Gasteiger partial charge in [-0.1, -0.05) is 30.3 Å². The monoisotopic (exact) mass is 524 g/mol. The first-order chi connectivity index (χ1) is 18.5. The summed E-state index contributed by atoms with van der Waals surface area (Å²) in [4.78, 5) is 30.4. The molecule has 0 aromatic heterocycles. The van der Waals surface area contributed by atoms with Crippen LogP contribution in [-0.2, 0) is 19.1 Å². The number of rotatable bonds is 11. The molecule has 1 atom stereocenters. The summed E-state index contributed by atoms with van der Waals surface area (Å²) in [6.07, 6.45) is 0.512. The van der Waals surface area contributed by atoms with E-state index in [2.05, 4.69) is 4.90 Å². The third-order valence-electron chi connectivity index (χ3n) is 6.81. The lowest BCUT2D eigenvalue weighted by Gasteiger charge is -2.31. The SMILES string of the molecule is COCC(=O)N(CCN1CCOCC1)CC(=O)N1N=C(c2ccc(OC)cc2OC)CC1c1ccccc1. The van der Waals surface area contributed by atoms with Gasteiger partial charge in [-0.25, -0.2) is 5.01 Å². The van der Waals surface area contributed by atoms with Crippen LogP contribution in [0, 0.1) is 0 Å². The minimum atomic E-state index is -0.302. The number of carbonyl (C=O) groups is 2. The summed E-state index contributed by atoms with van der Waals surface area (Å²) in [6.45, 7) is 3.85. The van der Waals surface area contributed by atoms with Gasteiger partial charge in [0.05, 0.1) is 39.2 Å². The number of hydrogen-bond acceptors (Lipinski definition) is 8. The molecule has 0 saturated carbocycles. The summed E-state index contributed by atoms with van der Waals surface area (Å²) in [5.74, 6) is 0.800. The predicted octanol–water partition coefficient (Wildman–Crippen LogP) is 2.19. The van der Waals surface area contributed by atoms with Crippen molar-refractivity contribution in [2.75, 3.05) is 73.9 Å². The van der Waals surface area contributed by atoms with Crippen LogP contribution in [0.3, 0.4) is 0 Å². The fourth-order valence-electron chi connectivity index (χ4n) is 4.70. The molecule has 1 fully saturated rings. The van der Waals surface area contributed by atoms with Crippen molar-refractivity contribution in [3.8, 4) is 11.5 Å². The number of methoxy groups -OCH3 is 3. The molecule has 0 aliphatic carbocycles. The summed E-state index contributed by atoms with van der Waals surface area (Å²) in [5.41, 5.74) is 2.49. The Morgan fingerprint density at radius 3 is 2.50 bits per heavy atom. The molecule has 2 aromatic rings. The largest absolute Gasteiger partial charge is 0.497 e. The first-order valence-corrected chi connectivity index (χ1v) is 12.8. The lowest BCUT2D eigenvalue weighted by Crippen LogP contribution is -2.47. The highest BCUT2D eigenvalue weighted by Crippen LogP contribution is 2.36. The molecule has 2 aliphatic rings. The second kappa shape index (κ2) is 13.4. The van der Waals surface area contributed by atoms with Gasteiger partial charge in [-0.15, -0.1) is 0 Å². The van der Waals surface area contributed by atoms with Crippen LogP contribution in [0.15, 0.2) is 53.6 Å². The Kier molecular flexibility index (Phi) is 9.69. The smallest absolute Gasteiger partial charge is 0.262 e. The molecule has 0 N–H and O–H groups in total. The zero-order valence-electron chi connectivity index (χ0n) is 22.3. The van der Waals surface area contributed by atoms with E-state index in [0.29, 0.717) is 44.2 Å². The first-order valence-electron chi connectivity index (χ1n) is 12.8. The van der Waals surface area contributed by atoms with E-state index >= 15 is 0 Å². The summed E-state index contributed by atoms with van der Waals surface area (Å²) in [7, 11) is 4.67. The van der Waals surface area contributed by atoms with Gasteiger partial charge in [-0.3, -0.25) is 14.5 Å². The van der Waals surface area contributed by atoms with Gasteiger partial charge in [0.15, 0.2) is 0 Å². The molecule has 0 spiro atoms. The number of hydrazone groups is 1. The topological polar surface area (TPSA) is 93.1 Å². The average molecular weight is 525 g/mol. The van der Waals surface area contributed by atoms with Crippen molar-refractivity contribution in [1.29, 1.82) is 0 Å². The Bertz CT molecular complexity index is 1120. The standard InChI is InChI=1S/C28H36N4O6/c1-35-20-28(34)31(12-11-30-13-15-38-16-14-30)19-27(33)32-25(21-7-5-4-6-8-21)18-24(29-32)23-10-9-22(36-2)17-26(23)37-3/h4-10,17,25H,11-16,18-20H2,1-3H3. The van der Waals surface area contributed by atoms with Crippen LogP contribution in [0.1, 0.15) is 23.6 Å². The molecule has 10 nitrogen and oxygen atoms in total. The number of carbonyl (C=O) groups excluding carboxylic acids is 2. The Hall–Kier alpha value is -3.47. The van der Waals surface area contributed by atoms with Crippen molar-refractivity contribution in [3.05, 3.63) is 59.7 Å². The second-order valence-electron chi connectivity index (χ2n) is 9.18. The van der Waals surface area contributed by atoms with E-state index < -0.39 is 0 Å². The molecular formula is C28H36N4O6. The minimum absolute atomic E-state index is 0.0872. The molecule has 2 amide bonds. The highest BCUT2D eigenvalue weighted by atomic mass is 16.5. The van der Waals surface area contributed by atoms with Crippen LogP contribution >= 0.6 is 0 Å². The van der Waals surface area contributed by atoms with Gasteiger partial charge in [0.1, 0.15) is 24.7 Å². The van der Waals surface area contributed by atoms with Crippen molar-refractivity contribution in [2.45, 2.75) is 12.5 Å². The van der Waals surface area contributed by atoms with E-state index in [1.807, 2.05) is 42.5 Å². The molecule has 2 heterocycles. The van der Waals surface area contributed by atoms with Crippen LogP contribution in [0.2, 0.25) is 0 Å². The third kappa shape index (κ3) is 6.69. The van der Waals surface area contributed by atoms with Gasteiger partial charge >= 0.3 is 0 Å². The second-order valence-corrected chi connectivity index (χ2v) is 9.18. The Morgan fingerprint density at radius 1 is 1.05 bits per heavy atom. The van der Waals surface area contributed by atoms with Crippen LogP contribution in [0.4, 0.5) is 0 Å².